The Morgan fingerprint density at radius 1 is 1.50 bits per heavy atom. The van der Waals surface area contributed by atoms with Crippen molar-refractivity contribution in [2.75, 3.05) is 11.1 Å². The van der Waals surface area contributed by atoms with Gasteiger partial charge in [0.15, 0.2) is 0 Å². The van der Waals surface area contributed by atoms with Crippen LogP contribution in [0.4, 0.5) is 11.4 Å². The van der Waals surface area contributed by atoms with Crippen LogP contribution in [-0.4, -0.2) is 15.5 Å². The summed E-state index contributed by atoms with van der Waals surface area (Å²) in [5, 5.41) is 2.99. The average molecular weight is 293 g/mol. The smallest absolute Gasteiger partial charge is 0.348 e. The summed E-state index contributed by atoms with van der Waals surface area (Å²) >= 11 is 5.74. The highest BCUT2D eigenvalue weighted by Crippen LogP contribution is 2.18. The van der Waals surface area contributed by atoms with Gasteiger partial charge in [0.1, 0.15) is 6.54 Å². The van der Waals surface area contributed by atoms with E-state index in [2.05, 4.69) is 10.3 Å². The van der Waals surface area contributed by atoms with Gasteiger partial charge >= 0.3 is 5.69 Å². The predicted octanol–water partition coefficient (Wildman–Crippen LogP) is 1.43. The maximum absolute atomic E-state index is 11.9. The minimum atomic E-state index is -0.533. The zero-order valence-corrected chi connectivity index (χ0v) is 11.5. The highest BCUT2D eigenvalue weighted by molar-refractivity contribution is 6.30. The Balaban J connectivity index is 2.15. The lowest BCUT2D eigenvalue weighted by molar-refractivity contribution is -0.116. The monoisotopic (exact) mass is 292 g/mol. The van der Waals surface area contributed by atoms with E-state index in [0.717, 1.165) is 10.1 Å². The number of carbonyl (C=O) groups is 1. The number of benzene rings is 1. The molecule has 0 fully saturated rings. The zero-order chi connectivity index (χ0) is 14.7. The van der Waals surface area contributed by atoms with Gasteiger partial charge in [-0.1, -0.05) is 17.7 Å². The molecule has 0 saturated heterocycles. The first kappa shape index (κ1) is 14.1. The van der Waals surface area contributed by atoms with E-state index in [4.69, 9.17) is 17.3 Å². The fourth-order valence-electron chi connectivity index (χ4n) is 1.66. The number of amides is 1. The molecule has 20 heavy (non-hydrogen) atoms. The summed E-state index contributed by atoms with van der Waals surface area (Å²) in [5.74, 6) is -0.357. The molecule has 0 bridgehead atoms. The molecule has 104 valence electrons. The molecular weight excluding hydrogens is 280 g/mol. The molecule has 7 heteroatoms. The van der Waals surface area contributed by atoms with E-state index in [0.29, 0.717) is 11.4 Å². The molecule has 0 radical (unpaired) electrons. The van der Waals surface area contributed by atoms with Crippen molar-refractivity contribution in [1.82, 2.24) is 9.55 Å². The Bertz CT molecular complexity index is 712. The van der Waals surface area contributed by atoms with Gasteiger partial charge in [-0.15, -0.1) is 0 Å². The van der Waals surface area contributed by atoms with E-state index < -0.39 is 5.69 Å². The van der Waals surface area contributed by atoms with Crippen molar-refractivity contribution in [2.24, 2.45) is 0 Å². The Kier molecular flexibility index (Phi) is 4.05. The molecule has 0 spiro atoms. The number of carbonyl (C=O) groups excluding carboxylic acids is 1. The van der Waals surface area contributed by atoms with Gasteiger partial charge in [0.05, 0.1) is 11.2 Å². The van der Waals surface area contributed by atoms with Gasteiger partial charge in [0.25, 0.3) is 0 Å². The molecule has 0 aliphatic rings. The largest absolute Gasteiger partial charge is 0.399 e. The van der Waals surface area contributed by atoms with E-state index in [1.165, 1.54) is 12.4 Å². The summed E-state index contributed by atoms with van der Waals surface area (Å²) in [6.07, 6.45) is 2.60. The molecule has 6 nitrogen and oxygen atoms in total. The second kappa shape index (κ2) is 5.75. The Labute approximate surface area is 120 Å². The number of aryl methyl sites for hydroxylation is 1. The first-order valence-corrected chi connectivity index (χ1v) is 6.21. The van der Waals surface area contributed by atoms with Crippen LogP contribution in [0.2, 0.25) is 5.02 Å². The summed E-state index contributed by atoms with van der Waals surface area (Å²) in [6.45, 7) is 1.68. The summed E-state index contributed by atoms with van der Waals surface area (Å²) in [6, 6.07) is 5.21. The van der Waals surface area contributed by atoms with E-state index in [-0.39, 0.29) is 17.5 Å². The molecule has 0 aliphatic carbocycles. The van der Waals surface area contributed by atoms with Gasteiger partial charge in [-0.05, 0) is 24.6 Å². The number of hydrogen-bond acceptors (Lipinski definition) is 4. The van der Waals surface area contributed by atoms with Gasteiger partial charge in [-0.3, -0.25) is 9.36 Å². The lowest BCUT2D eigenvalue weighted by Gasteiger charge is -2.10. The van der Waals surface area contributed by atoms with Crippen LogP contribution >= 0.6 is 11.6 Å². The zero-order valence-electron chi connectivity index (χ0n) is 10.8. The van der Waals surface area contributed by atoms with E-state index in [1.807, 2.05) is 6.92 Å². The van der Waals surface area contributed by atoms with Crippen LogP contribution < -0.4 is 16.7 Å². The molecule has 1 aromatic carbocycles. The molecule has 1 heterocycles. The molecule has 0 saturated carbocycles. The van der Waals surface area contributed by atoms with Crippen LogP contribution in [0, 0.1) is 6.92 Å². The van der Waals surface area contributed by atoms with Gasteiger partial charge in [0, 0.05) is 17.6 Å². The summed E-state index contributed by atoms with van der Waals surface area (Å²) in [5.41, 5.74) is 7.17. The molecule has 0 atom stereocenters. The maximum Gasteiger partial charge on any atom is 0.348 e. The van der Waals surface area contributed by atoms with Crippen LogP contribution in [0.15, 0.2) is 35.4 Å². The number of rotatable bonds is 3. The van der Waals surface area contributed by atoms with Crippen LogP contribution in [0.3, 0.4) is 0 Å². The topological polar surface area (TPSA) is 90.0 Å². The average Bonchev–Trinajstić information content (AvgIpc) is 2.38. The van der Waals surface area contributed by atoms with Crippen molar-refractivity contribution in [3.05, 3.63) is 51.7 Å². The van der Waals surface area contributed by atoms with Crippen LogP contribution in [0.5, 0.6) is 0 Å². The number of nitrogens with one attached hydrogen (secondary N) is 1. The van der Waals surface area contributed by atoms with Gasteiger partial charge in [-0.2, -0.15) is 0 Å². The third-order valence-electron chi connectivity index (χ3n) is 2.67. The number of nitrogens with zero attached hydrogens (tertiary/aromatic N) is 2. The highest BCUT2D eigenvalue weighted by atomic mass is 35.5. The van der Waals surface area contributed by atoms with Crippen molar-refractivity contribution < 1.29 is 4.79 Å². The van der Waals surface area contributed by atoms with Crippen molar-refractivity contribution >= 4 is 28.9 Å². The summed E-state index contributed by atoms with van der Waals surface area (Å²) in [7, 11) is 0. The third kappa shape index (κ3) is 3.36. The predicted molar refractivity (Wildman–Crippen MR) is 77.7 cm³/mol. The molecule has 0 aliphatic heterocycles. The number of halogens is 1. The number of hydrogen-bond donors (Lipinski definition) is 2. The SMILES string of the molecule is Cc1ccc(N)cc1NC(=O)Cn1cc(Cl)cnc1=O. The molecule has 2 rings (SSSR count). The maximum atomic E-state index is 11.9. The lowest BCUT2D eigenvalue weighted by atomic mass is 10.2. The number of anilines is 2. The first-order valence-electron chi connectivity index (χ1n) is 5.83. The minimum absolute atomic E-state index is 0.166. The van der Waals surface area contributed by atoms with Crippen LogP contribution in [0.25, 0.3) is 0 Å². The minimum Gasteiger partial charge on any atom is -0.399 e. The fraction of sp³-hybridized carbons (Fsp3) is 0.154. The Hall–Kier alpha value is -2.34. The van der Waals surface area contributed by atoms with E-state index >= 15 is 0 Å². The third-order valence-corrected chi connectivity index (χ3v) is 2.87. The lowest BCUT2D eigenvalue weighted by Crippen LogP contribution is -2.28. The van der Waals surface area contributed by atoms with Crippen molar-refractivity contribution in [3.8, 4) is 0 Å². The molecular formula is C13H13ClN4O2. The van der Waals surface area contributed by atoms with E-state index in [1.54, 1.807) is 18.2 Å². The number of nitrogens with two attached hydrogens (primary N) is 1. The van der Waals surface area contributed by atoms with Crippen LogP contribution in [0.1, 0.15) is 5.56 Å². The first-order chi connectivity index (χ1) is 9.45. The Morgan fingerprint density at radius 3 is 3.00 bits per heavy atom. The van der Waals surface area contributed by atoms with Crippen molar-refractivity contribution in [2.45, 2.75) is 13.5 Å². The Morgan fingerprint density at radius 2 is 2.25 bits per heavy atom. The van der Waals surface area contributed by atoms with Crippen molar-refractivity contribution in [3.63, 3.8) is 0 Å². The van der Waals surface area contributed by atoms with E-state index in [9.17, 15) is 9.59 Å². The van der Waals surface area contributed by atoms with Crippen molar-refractivity contribution in [1.29, 1.82) is 0 Å². The normalized spacial score (nSPS) is 10.3. The van der Waals surface area contributed by atoms with Gasteiger partial charge in [0.2, 0.25) is 5.91 Å². The molecule has 1 amide bonds. The summed E-state index contributed by atoms with van der Waals surface area (Å²) < 4.78 is 1.14. The fourth-order valence-corrected chi connectivity index (χ4v) is 1.83. The molecule has 1 aromatic heterocycles. The number of aromatic nitrogens is 2. The standard InChI is InChI=1S/C13H13ClN4O2/c1-8-2-3-10(15)4-11(8)17-12(19)7-18-6-9(14)5-16-13(18)20/h2-6H,7,15H2,1H3,(H,17,19). The van der Waals surface area contributed by atoms with Gasteiger partial charge < -0.3 is 11.1 Å². The van der Waals surface area contributed by atoms with Crippen LogP contribution in [-0.2, 0) is 11.3 Å². The second-order valence-electron chi connectivity index (χ2n) is 4.31. The molecule has 0 unspecified atom stereocenters. The molecule has 3 N–H and O–H groups in total. The quantitative estimate of drug-likeness (QED) is 0.837. The summed E-state index contributed by atoms with van der Waals surface area (Å²) in [4.78, 5) is 26.9. The molecule has 2 aromatic rings. The second-order valence-corrected chi connectivity index (χ2v) is 4.74. The highest BCUT2D eigenvalue weighted by Gasteiger charge is 2.08. The number of nitrogen functional groups attached to an aromatic ring is 1. The van der Waals surface area contributed by atoms with Gasteiger partial charge in [-0.25, -0.2) is 9.78 Å².